The average molecular weight is 150 g/mol. The topological polar surface area (TPSA) is 38.4 Å². The summed E-state index contributed by atoms with van der Waals surface area (Å²) in [6.07, 6.45) is 6.14. The van der Waals surface area contributed by atoms with Crippen LogP contribution in [0.15, 0.2) is 27.9 Å². The zero-order valence-corrected chi connectivity index (χ0v) is 7.09. The van der Waals surface area contributed by atoms with Gasteiger partial charge >= 0.3 is 0 Å². The first-order chi connectivity index (χ1) is 5.25. The molecule has 0 saturated carbocycles. The summed E-state index contributed by atoms with van der Waals surface area (Å²) in [5.41, 5.74) is 9.09. The van der Waals surface area contributed by atoms with Gasteiger partial charge in [0.15, 0.2) is 0 Å². The van der Waals surface area contributed by atoms with Gasteiger partial charge in [-0.1, -0.05) is 6.08 Å². The molecule has 0 aromatic rings. The molecule has 0 aromatic carbocycles. The smallest absolute Gasteiger partial charge is 0.0388 e. The summed E-state index contributed by atoms with van der Waals surface area (Å²) in [5, 5.41) is 0. The quantitative estimate of drug-likeness (QED) is 0.567. The Labute approximate surface area is 67.5 Å². The van der Waals surface area contributed by atoms with Crippen LogP contribution in [0, 0.1) is 0 Å². The van der Waals surface area contributed by atoms with Crippen LogP contribution in [-0.2, 0) is 0 Å². The van der Waals surface area contributed by atoms with Crippen molar-refractivity contribution in [1.29, 1.82) is 0 Å². The van der Waals surface area contributed by atoms with Gasteiger partial charge in [0.05, 0.1) is 0 Å². The fourth-order valence-corrected chi connectivity index (χ4v) is 1.23. The molecule has 11 heavy (non-hydrogen) atoms. The lowest BCUT2D eigenvalue weighted by molar-refractivity contribution is 0.954. The Morgan fingerprint density at radius 3 is 3.00 bits per heavy atom. The van der Waals surface area contributed by atoms with Gasteiger partial charge in [-0.15, -0.1) is 0 Å². The van der Waals surface area contributed by atoms with Crippen molar-refractivity contribution in [2.45, 2.75) is 19.8 Å². The van der Waals surface area contributed by atoms with E-state index in [0.717, 1.165) is 18.5 Å². The van der Waals surface area contributed by atoms with Gasteiger partial charge in [-0.2, -0.15) is 0 Å². The lowest BCUT2D eigenvalue weighted by Gasteiger charge is -2.12. The van der Waals surface area contributed by atoms with Crippen LogP contribution in [0.1, 0.15) is 19.8 Å². The van der Waals surface area contributed by atoms with Gasteiger partial charge in [0.2, 0.25) is 0 Å². The SMILES string of the molecule is CN=CC1=C(N)C(C)=CCC1. The van der Waals surface area contributed by atoms with Crippen LogP contribution in [0.5, 0.6) is 0 Å². The Bertz CT molecular complexity index is 234. The Hall–Kier alpha value is -1.05. The summed E-state index contributed by atoms with van der Waals surface area (Å²) in [4.78, 5) is 3.95. The molecule has 0 bridgehead atoms. The van der Waals surface area contributed by atoms with Gasteiger partial charge in [0, 0.05) is 19.0 Å². The molecular formula is C9H14N2. The maximum Gasteiger partial charge on any atom is 0.0388 e. The third-order valence-corrected chi connectivity index (χ3v) is 1.92. The summed E-state index contributed by atoms with van der Waals surface area (Å²) < 4.78 is 0. The molecule has 0 fully saturated rings. The molecule has 0 radical (unpaired) electrons. The van der Waals surface area contributed by atoms with Crippen molar-refractivity contribution in [3.63, 3.8) is 0 Å². The largest absolute Gasteiger partial charge is 0.398 e. The third kappa shape index (κ3) is 1.70. The predicted octanol–water partition coefficient (Wildman–Crippen LogP) is 1.64. The van der Waals surface area contributed by atoms with E-state index in [0.29, 0.717) is 0 Å². The zero-order chi connectivity index (χ0) is 8.27. The van der Waals surface area contributed by atoms with Crippen molar-refractivity contribution in [3.8, 4) is 0 Å². The molecule has 0 heterocycles. The third-order valence-electron chi connectivity index (χ3n) is 1.92. The summed E-state index contributed by atoms with van der Waals surface area (Å²) in [6.45, 7) is 2.04. The number of hydrogen-bond acceptors (Lipinski definition) is 2. The molecule has 2 heteroatoms. The van der Waals surface area contributed by atoms with Crippen molar-refractivity contribution >= 4 is 6.21 Å². The minimum atomic E-state index is 0.904. The monoisotopic (exact) mass is 150 g/mol. The highest BCUT2D eigenvalue weighted by Crippen LogP contribution is 2.19. The van der Waals surface area contributed by atoms with E-state index in [1.165, 1.54) is 11.1 Å². The number of allylic oxidation sites excluding steroid dienone is 3. The van der Waals surface area contributed by atoms with Gasteiger partial charge in [-0.05, 0) is 30.9 Å². The Morgan fingerprint density at radius 1 is 1.64 bits per heavy atom. The summed E-state index contributed by atoms with van der Waals surface area (Å²) in [5.74, 6) is 0. The minimum absolute atomic E-state index is 0.904. The van der Waals surface area contributed by atoms with Gasteiger partial charge in [0.1, 0.15) is 0 Å². The van der Waals surface area contributed by atoms with E-state index in [2.05, 4.69) is 11.1 Å². The van der Waals surface area contributed by atoms with Gasteiger partial charge in [0.25, 0.3) is 0 Å². The first kappa shape index (κ1) is 8.05. The Morgan fingerprint density at radius 2 is 2.36 bits per heavy atom. The van der Waals surface area contributed by atoms with Crippen molar-refractivity contribution in [3.05, 3.63) is 22.9 Å². The molecule has 1 aliphatic carbocycles. The van der Waals surface area contributed by atoms with Crippen LogP contribution < -0.4 is 5.73 Å². The van der Waals surface area contributed by atoms with Gasteiger partial charge < -0.3 is 5.73 Å². The standard InChI is InChI=1S/C9H14N2/c1-7-4-3-5-8(6-11-2)9(7)10/h4,6H,3,5,10H2,1-2H3. The molecule has 2 N–H and O–H groups in total. The molecule has 0 atom stereocenters. The van der Waals surface area contributed by atoms with E-state index in [1.54, 1.807) is 7.05 Å². The summed E-state index contributed by atoms with van der Waals surface area (Å²) in [7, 11) is 1.77. The molecule has 2 nitrogen and oxygen atoms in total. The zero-order valence-electron chi connectivity index (χ0n) is 7.09. The van der Waals surface area contributed by atoms with Crippen LogP contribution in [0.25, 0.3) is 0 Å². The van der Waals surface area contributed by atoms with Crippen LogP contribution in [-0.4, -0.2) is 13.3 Å². The number of rotatable bonds is 1. The van der Waals surface area contributed by atoms with E-state index >= 15 is 0 Å². The van der Waals surface area contributed by atoms with Crippen LogP contribution >= 0.6 is 0 Å². The predicted molar refractivity (Wildman–Crippen MR) is 48.6 cm³/mol. The van der Waals surface area contributed by atoms with Crippen LogP contribution in [0.3, 0.4) is 0 Å². The molecule has 1 rings (SSSR count). The van der Waals surface area contributed by atoms with E-state index in [1.807, 2.05) is 13.1 Å². The van der Waals surface area contributed by atoms with E-state index in [9.17, 15) is 0 Å². The molecule has 0 unspecified atom stereocenters. The van der Waals surface area contributed by atoms with Crippen LogP contribution in [0.2, 0.25) is 0 Å². The lowest BCUT2D eigenvalue weighted by atomic mass is 9.98. The second kappa shape index (κ2) is 3.37. The highest BCUT2D eigenvalue weighted by atomic mass is 14.7. The van der Waals surface area contributed by atoms with Crippen molar-refractivity contribution in [1.82, 2.24) is 0 Å². The minimum Gasteiger partial charge on any atom is -0.398 e. The second-order valence-corrected chi connectivity index (χ2v) is 2.75. The molecule has 0 amide bonds. The molecule has 0 aromatic heterocycles. The molecule has 0 spiro atoms. The number of nitrogens with two attached hydrogens (primary N) is 1. The normalized spacial score (nSPS) is 19.3. The molecule has 60 valence electrons. The number of aliphatic imine (C=N–C) groups is 1. The highest BCUT2D eigenvalue weighted by molar-refractivity contribution is 5.81. The molecular weight excluding hydrogens is 136 g/mol. The molecule has 1 aliphatic rings. The number of hydrogen-bond donors (Lipinski definition) is 1. The maximum atomic E-state index is 5.83. The average Bonchev–Trinajstić information content (AvgIpc) is 1.99. The fraction of sp³-hybridized carbons (Fsp3) is 0.444. The van der Waals surface area contributed by atoms with Gasteiger partial charge in [-0.3, -0.25) is 4.99 Å². The van der Waals surface area contributed by atoms with E-state index < -0.39 is 0 Å². The summed E-state index contributed by atoms with van der Waals surface area (Å²) in [6, 6.07) is 0. The Kier molecular flexibility index (Phi) is 2.47. The van der Waals surface area contributed by atoms with E-state index in [-0.39, 0.29) is 0 Å². The Balaban J connectivity index is 2.91. The lowest BCUT2D eigenvalue weighted by Crippen LogP contribution is -2.08. The van der Waals surface area contributed by atoms with Crippen LogP contribution in [0.4, 0.5) is 0 Å². The van der Waals surface area contributed by atoms with E-state index in [4.69, 9.17) is 5.73 Å². The summed E-state index contributed by atoms with van der Waals surface area (Å²) >= 11 is 0. The fourth-order valence-electron chi connectivity index (χ4n) is 1.23. The first-order valence-corrected chi connectivity index (χ1v) is 3.83. The van der Waals surface area contributed by atoms with Crippen molar-refractivity contribution in [2.75, 3.05) is 7.05 Å². The highest BCUT2D eigenvalue weighted by Gasteiger charge is 2.06. The van der Waals surface area contributed by atoms with Crippen molar-refractivity contribution in [2.24, 2.45) is 10.7 Å². The van der Waals surface area contributed by atoms with Gasteiger partial charge in [-0.25, -0.2) is 0 Å². The maximum absolute atomic E-state index is 5.83. The second-order valence-electron chi connectivity index (χ2n) is 2.75. The molecule has 0 saturated heterocycles. The number of nitrogens with zero attached hydrogens (tertiary/aromatic N) is 1. The van der Waals surface area contributed by atoms with Crippen molar-refractivity contribution < 1.29 is 0 Å². The molecule has 0 aliphatic heterocycles. The first-order valence-electron chi connectivity index (χ1n) is 3.83.